The number of rotatable bonds is 3. The van der Waals surface area contributed by atoms with Crippen LogP contribution in [0.2, 0.25) is 0 Å². The fourth-order valence-electron chi connectivity index (χ4n) is 1.71. The van der Waals surface area contributed by atoms with Crippen molar-refractivity contribution >= 4 is 40.0 Å². The second-order valence-electron chi connectivity index (χ2n) is 4.07. The number of anilines is 1. The van der Waals surface area contributed by atoms with Gasteiger partial charge in [-0.3, -0.25) is 9.59 Å². The molecule has 0 saturated heterocycles. The molecule has 0 heterocycles. The van der Waals surface area contributed by atoms with Gasteiger partial charge in [-0.2, -0.15) is 0 Å². The van der Waals surface area contributed by atoms with Crippen molar-refractivity contribution in [2.75, 3.05) is 5.32 Å². The summed E-state index contributed by atoms with van der Waals surface area (Å²) in [4.78, 5) is 23.2. The number of carbonyl (C=O) groups excluding carboxylic acids is 2. The van der Waals surface area contributed by atoms with Crippen LogP contribution in [0, 0.1) is 3.57 Å². The topological polar surface area (TPSA) is 46.2 Å². The van der Waals surface area contributed by atoms with Crippen LogP contribution in [0.15, 0.2) is 48.5 Å². The molecular weight excluding hydrogens is 353 g/mol. The lowest BCUT2D eigenvalue weighted by atomic mass is 10.0. The van der Waals surface area contributed by atoms with E-state index in [1.54, 1.807) is 24.3 Å². The predicted octanol–water partition coefficient (Wildman–Crippen LogP) is 3.48. The van der Waals surface area contributed by atoms with E-state index >= 15 is 0 Å². The molecule has 0 unspecified atom stereocenters. The van der Waals surface area contributed by atoms with Gasteiger partial charge in [-0.1, -0.05) is 12.1 Å². The first-order chi connectivity index (χ1) is 9.08. The number of benzene rings is 2. The second-order valence-corrected chi connectivity index (χ2v) is 5.23. The minimum atomic E-state index is -0.128. The zero-order chi connectivity index (χ0) is 13.8. The van der Waals surface area contributed by atoms with Gasteiger partial charge < -0.3 is 5.32 Å². The molecule has 0 radical (unpaired) electrons. The van der Waals surface area contributed by atoms with Crippen molar-refractivity contribution in [1.29, 1.82) is 0 Å². The highest BCUT2D eigenvalue weighted by Gasteiger charge is 2.11. The SMILES string of the molecule is CC(=O)Nc1ccc(C(=O)c2ccccc2I)cc1. The largest absolute Gasteiger partial charge is 0.326 e. The van der Waals surface area contributed by atoms with E-state index in [4.69, 9.17) is 0 Å². The van der Waals surface area contributed by atoms with E-state index in [1.807, 2.05) is 24.3 Å². The molecule has 2 rings (SSSR count). The third kappa shape index (κ3) is 3.41. The van der Waals surface area contributed by atoms with Crippen LogP contribution in [0.5, 0.6) is 0 Å². The van der Waals surface area contributed by atoms with E-state index in [0.29, 0.717) is 16.8 Å². The Bertz CT molecular complexity index is 620. The molecule has 0 atom stereocenters. The molecule has 0 spiro atoms. The third-order valence-corrected chi connectivity index (χ3v) is 3.53. The standard InChI is InChI=1S/C15H12INO2/c1-10(18)17-12-8-6-11(7-9-12)15(19)13-4-2-3-5-14(13)16/h2-9H,1H3,(H,17,18). The van der Waals surface area contributed by atoms with Gasteiger partial charge in [0.15, 0.2) is 5.78 Å². The molecule has 0 saturated carbocycles. The maximum absolute atomic E-state index is 12.3. The van der Waals surface area contributed by atoms with Crippen molar-refractivity contribution in [3.05, 3.63) is 63.2 Å². The lowest BCUT2D eigenvalue weighted by molar-refractivity contribution is -0.114. The monoisotopic (exact) mass is 365 g/mol. The molecule has 96 valence electrons. The molecule has 0 aromatic heterocycles. The minimum absolute atomic E-state index is 0.0145. The summed E-state index contributed by atoms with van der Waals surface area (Å²) >= 11 is 2.15. The van der Waals surface area contributed by atoms with Crippen molar-refractivity contribution in [2.45, 2.75) is 6.92 Å². The lowest BCUT2D eigenvalue weighted by Gasteiger charge is -2.05. The van der Waals surface area contributed by atoms with Crippen molar-refractivity contribution in [3.8, 4) is 0 Å². The normalized spacial score (nSPS) is 10.0. The first kappa shape index (κ1) is 13.7. The van der Waals surface area contributed by atoms with Crippen LogP contribution in [-0.2, 0) is 4.79 Å². The average molecular weight is 365 g/mol. The summed E-state index contributed by atoms with van der Waals surface area (Å²) in [6.07, 6.45) is 0. The molecule has 1 N–H and O–H groups in total. The maximum Gasteiger partial charge on any atom is 0.221 e. The van der Waals surface area contributed by atoms with Crippen molar-refractivity contribution < 1.29 is 9.59 Å². The molecule has 0 aliphatic rings. The Labute approximate surface area is 125 Å². The van der Waals surface area contributed by atoms with Gasteiger partial charge in [-0.05, 0) is 59.0 Å². The van der Waals surface area contributed by atoms with Gasteiger partial charge in [-0.15, -0.1) is 0 Å². The summed E-state index contributed by atoms with van der Waals surface area (Å²) in [6.45, 7) is 1.45. The van der Waals surface area contributed by atoms with Gasteiger partial charge in [0.2, 0.25) is 5.91 Å². The Hall–Kier alpha value is -1.69. The maximum atomic E-state index is 12.3. The van der Waals surface area contributed by atoms with Gasteiger partial charge in [-0.25, -0.2) is 0 Å². The van der Waals surface area contributed by atoms with Gasteiger partial charge in [0.1, 0.15) is 0 Å². The minimum Gasteiger partial charge on any atom is -0.326 e. The van der Waals surface area contributed by atoms with Gasteiger partial charge >= 0.3 is 0 Å². The zero-order valence-electron chi connectivity index (χ0n) is 10.3. The van der Waals surface area contributed by atoms with E-state index in [1.165, 1.54) is 6.92 Å². The fraction of sp³-hybridized carbons (Fsp3) is 0.0667. The Morgan fingerprint density at radius 3 is 2.21 bits per heavy atom. The summed E-state index contributed by atoms with van der Waals surface area (Å²) in [5, 5.41) is 2.67. The molecule has 2 aromatic carbocycles. The van der Waals surface area contributed by atoms with E-state index in [9.17, 15) is 9.59 Å². The number of hydrogen-bond acceptors (Lipinski definition) is 2. The molecule has 2 aromatic rings. The van der Waals surface area contributed by atoms with Gasteiger partial charge in [0.25, 0.3) is 0 Å². The third-order valence-electron chi connectivity index (χ3n) is 2.59. The summed E-state index contributed by atoms with van der Waals surface area (Å²) in [5.41, 5.74) is 1.99. The van der Waals surface area contributed by atoms with E-state index in [2.05, 4.69) is 27.9 Å². The molecule has 0 aliphatic heterocycles. The van der Waals surface area contributed by atoms with Gasteiger partial charge in [0.05, 0.1) is 0 Å². The highest BCUT2D eigenvalue weighted by atomic mass is 127. The number of halogens is 1. The predicted molar refractivity (Wildman–Crippen MR) is 83.3 cm³/mol. The Kier molecular flexibility index (Phi) is 4.31. The Balaban J connectivity index is 2.25. The summed E-state index contributed by atoms with van der Waals surface area (Å²) in [6, 6.07) is 14.4. The lowest BCUT2D eigenvalue weighted by Crippen LogP contribution is -2.07. The summed E-state index contributed by atoms with van der Waals surface area (Å²) in [5.74, 6) is -0.143. The van der Waals surface area contributed by atoms with Crippen LogP contribution in [-0.4, -0.2) is 11.7 Å². The van der Waals surface area contributed by atoms with E-state index < -0.39 is 0 Å². The molecule has 4 heteroatoms. The van der Waals surface area contributed by atoms with Crippen LogP contribution in [0.3, 0.4) is 0 Å². The number of hydrogen-bond donors (Lipinski definition) is 1. The Morgan fingerprint density at radius 2 is 1.63 bits per heavy atom. The summed E-state index contributed by atoms with van der Waals surface area (Å²) in [7, 11) is 0. The van der Waals surface area contributed by atoms with Crippen LogP contribution < -0.4 is 5.32 Å². The molecule has 1 amide bonds. The van der Waals surface area contributed by atoms with Crippen molar-refractivity contribution in [1.82, 2.24) is 0 Å². The molecule has 0 fully saturated rings. The number of ketones is 1. The number of amides is 1. The van der Waals surface area contributed by atoms with Crippen LogP contribution in [0.25, 0.3) is 0 Å². The highest BCUT2D eigenvalue weighted by Crippen LogP contribution is 2.18. The van der Waals surface area contributed by atoms with Gasteiger partial charge in [0, 0.05) is 27.3 Å². The van der Waals surface area contributed by atoms with Crippen molar-refractivity contribution in [3.63, 3.8) is 0 Å². The highest BCUT2D eigenvalue weighted by molar-refractivity contribution is 14.1. The van der Waals surface area contributed by atoms with E-state index in [-0.39, 0.29) is 11.7 Å². The molecule has 0 bridgehead atoms. The molecule has 19 heavy (non-hydrogen) atoms. The summed E-state index contributed by atoms with van der Waals surface area (Å²) < 4.78 is 0.927. The van der Waals surface area contributed by atoms with Crippen LogP contribution in [0.4, 0.5) is 5.69 Å². The quantitative estimate of drug-likeness (QED) is 0.669. The zero-order valence-corrected chi connectivity index (χ0v) is 12.5. The van der Waals surface area contributed by atoms with Crippen molar-refractivity contribution in [2.24, 2.45) is 0 Å². The first-order valence-electron chi connectivity index (χ1n) is 5.75. The van der Waals surface area contributed by atoms with Crippen LogP contribution >= 0.6 is 22.6 Å². The number of nitrogens with one attached hydrogen (secondary N) is 1. The van der Waals surface area contributed by atoms with E-state index in [0.717, 1.165) is 3.57 Å². The molecular formula is C15H12INO2. The molecule has 3 nitrogen and oxygen atoms in total. The Morgan fingerprint density at radius 1 is 1.00 bits per heavy atom. The molecule has 0 aliphatic carbocycles. The fourth-order valence-corrected chi connectivity index (χ4v) is 2.34. The number of carbonyl (C=O) groups is 2. The average Bonchev–Trinajstić information content (AvgIpc) is 2.39. The van der Waals surface area contributed by atoms with Crippen LogP contribution in [0.1, 0.15) is 22.8 Å². The second kappa shape index (κ2) is 5.97. The first-order valence-corrected chi connectivity index (χ1v) is 6.82. The smallest absolute Gasteiger partial charge is 0.221 e.